The summed E-state index contributed by atoms with van der Waals surface area (Å²) in [7, 11) is 0. The van der Waals surface area contributed by atoms with Gasteiger partial charge in [0.05, 0.1) is 33.6 Å². The number of pyridine rings is 3. The molecule has 0 spiro atoms. The van der Waals surface area contributed by atoms with Crippen molar-refractivity contribution in [2.45, 2.75) is 6.92 Å². The maximum absolute atomic E-state index is 5.01. The largest absolute Gasteiger partial charge is 0.292 e. The maximum Gasteiger partial charge on any atom is 0.146 e. The first-order chi connectivity index (χ1) is 16.8. The number of nitrogens with zero attached hydrogens (tertiary/aromatic N) is 4. The second kappa shape index (κ2) is 7.22. The Morgan fingerprint density at radius 3 is 2.35 bits per heavy atom. The number of fused-ring (bicyclic) bond motifs is 8. The van der Waals surface area contributed by atoms with Gasteiger partial charge in [0.25, 0.3) is 0 Å². The lowest BCUT2D eigenvalue weighted by Crippen LogP contribution is -1.93. The molecule has 34 heavy (non-hydrogen) atoms. The van der Waals surface area contributed by atoms with E-state index >= 15 is 0 Å². The SMILES string of the molecule is Cc1ccc2c(c1)c1cc(-c3cccc(-c4ccccn4)n3)ccc1c1nc3ccccc3n21. The van der Waals surface area contributed by atoms with Crippen molar-refractivity contribution in [3.05, 3.63) is 109 Å². The van der Waals surface area contributed by atoms with Gasteiger partial charge in [-0.25, -0.2) is 9.97 Å². The molecule has 7 aromatic rings. The number of imidazole rings is 1. The molecule has 4 heteroatoms. The maximum atomic E-state index is 5.01. The monoisotopic (exact) mass is 436 g/mol. The Morgan fingerprint density at radius 2 is 1.44 bits per heavy atom. The van der Waals surface area contributed by atoms with Crippen LogP contribution in [0.25, 0.3) is 61.0 Å². The first-order valence-corrected chi connectivity index (χ1v) is 11.4. The minimum atomic E-state index is 0.869. The predicted octanol–water partition coefficient (Wildman–Crippen LogP) is 7.23. The summed E-state index contributed by atoms with van der Waals surface area (Å²) in [6.07, 6.45) is 1.80. The van der Waals surface area contributed by atoms with Crippen molar-refractivity contribution in [3.8, 4) is 22.6 Å². The molecule has 0 fully saturated rings. The van der Waals surface area contributed by atoms with Gasteiger partial charge in [-0.1, -0.05) is 42.0 Å². The first-order valence-electron chi connectivity index (χ1n) is 11.4. The number of aromatic nitrogens is 4. The number of para-hydroxylation sites is 2. The molecule has 4 heterocycles. The van der Waals surface area contributed by atoms with Crippen molar-refractivity contribution in [2.24, 2.45) is 0 Å². The van der Waals surface area contributed by atoms with E-state index < -0.39 is 0 Å². The van der Waals surface area contributed by atoms with Gasteiger partial charge in [-0.2, -0.15) is 0 Å². The molecule has 0 unspecified atom stereocenters. The van der Waals surface area contributed by atoms with Gasteiger partial charge in [0.2, 0.25) is 0 Å². The molecule has 160 valence electrons. The zero-order chi connectivity index (χ0) is 22.6. The van der Waals surface area contributed by atoms with E-state index in [9.17, 15) is 0 Å². The zero-order valence-corrected chi connectivity index (χ0v) is 18.6. The van der Waals surface area contributed by atoms with E-state index in [-0.39, 0.29) is 0 Å². The summed E-state index contributed by atoms with van der Waals surface area (Å²) in [6.45, 7) is 2.14. The summed E-state index contributed by atoms with van der Waals surface area (Å²) in [6, 6.07) is 33.6. The van der Waals surface area contributed by atoms with Crippen molar-refractivity contribution in [1.29, 1.82) is 0 Å². The molecule has 7 rings (SSSR count). The van der Waals surface area contributed by atoms with Crippen LogP contribution in [0, 0.1) is 6.92 Å². The molecule has 0 bridgehead atoms. The third-order valence-corrected chi connectivity index (χ3v) is 6.48. The second-order valence-electron chi connectivity index (χ2n) is 8.66. The van der Waals surface area contributed by atoms with Crippen LogP contribution in [0.4, 0.5) is 0 Å². The van der Waals surface area contributed by atoms with Crippen LogP contribution in [-0.2, 0) is 0 Å². The quantitative estimate of drug-likeness (QED) is 0.269. The predicted molar refractivity (Wildman–Crippen MR) is 139 cm³/mol. The summed E-state index contributed by atoms with van der Waals surface area (Å²) < 4.78 is 2.28. The molecule has 0 atom stereocenters. The van der Waals surface area contributed by atoms with E-state index in [2.05, 4.69) is 77.0 Å². The van der Waals surface area contributed by atoms with Gasteiger partial charge >= 0.3 is 0 Å². The number of hydrogen-bond donors (Lipinski definition) is 0. The lowest BCUT2D eigenvalue weighted by molar-refractivity contribution is 1.25. The summed E-state index contributed by atoms with van der Waals surface area (Å²) in [4.78, 5) is 14.4. The molecule has 4 nitrogen and oxygen atoms in total. The van der Waals surface area contributed by atoms with Crippen LogP contribution in [0.15, 0.2) is 103 Å². The molecule has 0 saturated carbocycles. The van der Waals surface area contributed by atoms with Gasteiger partial charge in [-0.05, 0) is 73.0 Å². The van der Waals surface area contributed by atoms with Crippen molar-refractivity contribution >= 4 is 38.4 Å². The molecule has 0 aliphatic rings. The fourth-order valence-electron chi connectivity index (χ4n) is 4.88. The van der Waals surface area contributed by atoms with Gasteiger partial charge in [0.15, 0.2) is 0 Å². The second-order valence-corrected chi connectivity index (χ2v) is 8.66. The molecular formula is C30H20N4. The van der Waals surface area contributed by atoms with Crippen LogP contribution in [0.5, 0.6) is 0 Å². The highest BCUT2D eigenvalue weighted by Gasteiger charge is 2.15. The van der Waals surface area contributed by atoms with Crippen molar-refractivity contribution in [1.82, 2.24) is 19.4 Å². The zero-order valence-electron chi connectivity index (χ0n) is 18.6. The van der Waals surface area contributed by atoms with Crippen molar-refractivity contribution < 1.29 is 0 Å². The van der Waals surface area contributed by atoms with E-state index in [1.54, 1.807) is 6.20 Å². The van der Waals surface area contributed by atoms with Gasteiger partial charge in [0.1, 0.15) is 5.65 Å². The highest BCUT2D eigenvalue weighted by molar-refractivity contribution is 6.14. The molecule has 4 aromatic heterocycles. The van der Waals surface area contributed by atoms with Gasteiger partial charge in [-0.3, -0.25) is 9.38 Å². The Kier molecular flexibility index (Phi) is 4.02. The number of aryl methyl sites for hydroxylation is 1. The number of benzene rings is 3. The van der Waals surface area contributed by atoms with E-state index in [1.165, 1.54) is 16.3 Å². The standard InChI is InChI=1S/C30H20N4/c1-19-12-15-28-23(17-19)22-18-20(24-9-6-10-26(32-24)25-7-4-5-16-31-25)13-14-21(22)30-33-27-8-2-3-11-29(27)34(28)30/h2-18H,1H3. The summed E-state index contributed by atoms with van der Waals surface area (Å²) in [5.74, 6) is 0. The molecule has 0 aliphatic heterocycles. The smallest absolute Gasteiger partial charge is 0.146 e. The normalized spacial score (nSPS) is 11.7. The first kappa shape index (κ1) is 18.9. The van der Waals surface area contributed by atoms with Crippen LogP contribution in [0.3, 0.4) is 0 Å². The Balaban J connectivity index is 1.53. The van der Waals surface area contributed by atoms with Gasteiger partial charge in [-0.15, -0.1) is 0 Å². The average Bonchev–Trinajstić information content (AvgIpc) is 3.29. The van der Waals surface area contributed by atoms with Crippen LogP contribution < -0.4 is 0 Å². The Labute approximate surface area is 196 Å². The lowest BCUT2D eigenvalue weighted by Gasteiger charge is -2.12. The molecule has 0 amide bonds. The van der Waals surface area contributed by atoms with Crippen molar-refractivity contribution in [3.63, 3.8) is 0 Å². The fraction of sp³-hybridized carbons (Fsp3) is 0.0333. The average molecular weight is 437 g/mol. The Hall–Kier alpha value is -4.57. The van der Waals surface area contributed by atoms with E-state index in [4.69, 9.17) is 9.97 Å². The number of rotatable bonds is 2. The third kappa shape index (κ3) is 2.82. The third-order valence-electron chi connectivity index (χ3n) is 6.48. The highest BCUT2D eigenvalue weighted by Crippen LogP contribution is 2.35. The van der Waals surface area contributed by atoms with Crippen LogP contribution >= 0.6 is 0 Å². The Morgan fingerprint density at radius 1 is 0.588 bits per heavy atom. The van der Waals surface area contributed by atoms with E-state index in [1.807, 2.05) is 36.4 Å². The molecule has 0 N–H and O–H groups in total. The minimum absolute atomic E-state index is 0.869. The summed E-state index contributed by atoms with van der Waals surface area (Å²) >= 11 is 0. The summed E-state index contributed by atoms with van der Waals surface area (Å²) in [5, 5.41) is 3.54. The molecule has 0 aliphatic carbocycles. The molecule has 3 aromatic carbocycles. The van der Waals surface area contributed by atoms with Crippen molar-refractivity contribution in [2.75, 3.05) is 0 Å². The van der Waals surface area contributed by atoms with Gasteiger partial charge < -0.3 is 0 Å². The van der Waals surface area contributed by atoms with E-state index in [0.717, 1.165) is 50.2 Å². The van der Waals surface area contributed by atoms with E-state index in [0.29, 0.717) is 0 Å². The molecular weight excluding hydrogens is 416 g/mol. The van der Waals surface area contributed by atoms with Crippen LogP contribution in [0.1, 0.15) is 5.56 Å². The molecule has 0 saturated heterocycles. The lowest BCUT2D eigenvalue weighted by atomic mass is 10.00. The highest BCUT2D eigenvalue weighted by atomic mass is 15.0. The summed E-state index contributed by atoms with van der Waals surface area (Å²) in [5.41, 5.74) is 9.26. The Bertz CT molecular complexity index is 1870. The minimum Gasteiger partial charge on any atom is -0.292 e. The fourth-order valence-corrected chi connectivity index (χ4v) is 4.88. The topological polar surface area (TPSA) is 43.1 Å². The molecule has 0 radical (unpaired) electrons. The number of hydrogen-bond acceptors (Lipinski definition) is 3. The van der Waals surface area contributed by atoms with Gasteiger partial charge in [0, 0.05) is 22.5 Å². The van der Waals surface area contributed by atoms with Crippen LogP contribution in [0.2, 0.25) is 0 Å². The van der Waals surface area contributed by atoms with Crippen LogP contribution in [-0.4, -0.2) is 19.4 Å².